The number of hydrogen-bond acceptors (Lipinski definition) is 4. The largest absolute Gasteiger partial charge is 0.365 e. The number of aryl methyl sites for hydroxylation is 1. The SMILES string of the molecule is CCC[C@@H](C)Nc1nnc(C)c(C)c1C#N. The molecule has 1 heterocycles. The lowest BCUT2D eigenvalue weighted by molar-refractivity contribution is 0.684. The second kappa shape index (κ2) is 5.45. The molecule has 16 heavy (non-hydrogen) atoms. The summed E-state index contributed by atoms with van der Waals surface area (Å²) in [5, 5.41) is 20.4. The molecule has 0 saturated carbocycles. The van der Waals surface area contributed by atoms with Gasteiger partial charge >= 0.3 is 0 Å². The molecule has 86 valence electrons. The third kappa shape index (κ3) is 2.69. The fraction of sp³-hybridized carbons (Fsp3) is 0.583. The van der Waals surface area contributed by atoms with Gasteiger partial charge in [-0.05, 0) is 32.8 Å². The van der Waals surface area contributed by atoms with Crippen LogP contribution < -0.4 is 5.32 Å². The van der Waals surface area contributed by atoms with Gasteiger partial charge in [0.25, 0.3) is 0 Å². The second-order valence-corrected chi connectivity index (χ2v) is 4.08. The first-order valence-electron chi connectivity index (χ1n) is 5.60. The molecule has 0 aliphatic heterocycles. The van der Waals surface area contributed by atoms with E-state index in [-0.39, 0.29) is 0 Å². The van der Waals surface area contributed by atoms with Crippen molar-refractivity contribution in [2.75, 3.05) is 5.32 Å². The number of aromatic nitrogens is 2. The summed E-state index contributed by atoms with van der Waals surface area (Å²) in [4.78, 5) is 0. The van der Waals surface area contributed by atoms with E-state index in [1.807, 2.05) is 13.8 Å². The fourth-order valence-corrected chi connectivity index (χ4v) is 1.58. The molecule has 1 atom stereocenters. The van der Waals surface area contributed by atoms with Crippen molar-refractivity contribution >= 4 is 5.82 Å². The first-order chi connectivity index (χ1) is 7.60. The molecule has 0 aromatic carbocycles. The van der Waals surface area contributed by atoms with Crippen molar-refractivity contribution in [3.05, 3.63) is 16.8 Å². The quantitative estimate of drug-likeness (QED) is 0.843. The predicted octanol–water partition coefficient (Wildman–Crippen LogP) is 2.57. The number of hydrogen-bond donors (Lipinski definition) is 1. The van der Waals surface area contributed by atoms with Crippen LogP contribution in [0, 0.1) is 25.2 Å². The van der Waals surface area contributed by atoms with Gasteiger partial charge in [-0.15, -0.1) is 5.10 Å². The van der Waals surface area contributed by atoms with Crippen molar-refractivity contribution in [3.63, 3.8) is 0 Å². The Bertz CT molecular complexity index is 406. The zero-order chi connectivity index (χ0) is 12.1. The van der Waals surface area contributed by atoms with Gasteiger partial charge in [0.05, 0.1) is 5.69 Å². The summed E-state index contributed by atoms with van der Waals surface area (Å²) in [7, 11) is 0. The minimum atomic E-state index is 0.313. The van der Waals surface area contributed by atoms with Gasteiger partial charge in [0.2, 0.25) is 0 Å². The van der Waals surface area contributed by atoms with Crippen molar-refractivity contribution in [3.8, 4) is 6.07 Å². The molecular weight excluding hydrogens is 200 g/mol. The van der Waals surface area contributed by atoms with Crippen LogP contribution in [0.25, 0.3) is 0 Å². The van der Waals surface area contributed by atoms with Gasteiger partial charge in [-0.3, -0.25) is 0 Å². The fourth-order valence-electron chi connectivity index (χ4n) is 1.58. The Kier molecular flexibility index (Phi) is 4.24. The van der Waals surface area contributed by atoms with Gasteiger partial charge in [-0.25, -0.2) is 0 Å². The van der Waals surface area contributed by atoms with Crippen LogP contribution in [0.5, 0.6) is 0 Å². The Morgan fingerprint density at radius 3 is 2.62 bits per heavy atom. The molecule has 1 aromatic heterocycles. The topological polar surface area (TPSA) is 61.6 Å². The van der Waals surface area contributed by atoms with Gasteiger partial charge in [0.1, 0.15) is 11.6 Å². The van der Waals surface area contributed by atoms with E-state index < -0.39 is 0 Å². The van der Waals surface area contributed by atoms with E-state index in [0.717, 1.165) is 24.1 Å². The second-order valence-electron chi connectivity index (χ2n) is 4.08. The van der Waals surface area contributed by atoms with Gasteiger partial charge in [-0.1, -0.05) is 13.3 Å². The summed E-state index contributed by atoms with van der Waals surface area (Å²) in [5.74, 6) is 0.603. The standard InChI is InChI=1S/C12H18N4/c1-5-6-8(2)14-12-11(7-13)9(3)10(4)15-16-12/h8H,5-6H2,1-4H3,(H,14,16)/t8-/m1/s1. The van der Waals surface area contributed by atoms with Crippen molar-refractivity contribution in [2.24, 2.45) is 0 Å². The summed E-state index contributed by atoms with van der Waals surface area (Å²) >= 11 is 0. The first kappa shape index (κ1) is 12.4. The highest BCUT2D eigenvalue weighted by Crippen LogP contribution is 2.18. The molecule has 0 radical (unpaired) electrons. The molecular formula is C12H18N4. The van der Waals surface area contributed by atoms with E-state index >= 15 is 0 Å². The molecule has 0 aliphatic carbocycles. The molecule has 0 bridgehead atoms. The third-order valence-electron chi connectivity index (χ3n) is 2.67. The number of nitrogens with zero attached hydrogens (tertiary/aromatic N) is 3. The Hall–Kier alpha value is -1.63. The molecule has 0 fully saturated rings. The lowest BCUT2D eigenvalue weighted by Crippen LogP contribution is -2.17. The normalized spacial score (nSPS) is 11.9. The molecule has 0 amide bonds. The maximum absolute atomic E-state index is 9.11. The maximum Gasteiger partial charge on any atom is 0.167 e. The smallest absolute Gasteiger partial charge is 0.167 e. The molecule has 0 saturated heterocycles. The van der Waals surface area contributed by atoms with E-state index in [1.165, 1.54) is 0 Å². The van der Waals surface area contributed by atoms with Gasteiger partial charge in [-0.2, -0.15) is 10.4 Å². The van der Waals surface area contributed by atoms with Gasteiger partial charge in [0, 0.05) is 6.04 Å². The van der Waals surface area contributed by atoms with E-state index in [9.17, 15) is 0 Å². The summed E-state index contributed by atoms with van der Waals surface area (Å²) in [5.41, 5.74) is 2.32. The summed E-state index contributed by atoms with van der Waals surface area (Å²) in [6, 6.07) is 2.50. The van der Waals surface area contributed by atoms with Crippen LogP contribution in [0.2, 0.25) is 0 Å². The maximum atomic E-state index is 9.11. The van der Waals surface area contributed by atoms with Crippen LogP contribution in [0.3, 0.4) is 0 Å². The molecule has 1 aromatic rings. The highest BCUT2D eigenvalue weighted by Gasteiger charge is 2.12. The Balaban J connectivity index is 2.97. The molecule has 1 N–H and O–H groups in total. The van der Waals surface area contributed by atoms with Crippen LogP contribution in [0.4, 0.5) is 5.82 Å². The van der Waals surface area contributed by atoms with E-state index in [1.54, 1.807) is 0 Å². The number of anilines is 1. The first-order valence-corrected chi connectivity index (χ1v) is 5.60. The Morgan fingerprint density at radius 1 is 1.38 bits per heavy atom. The van der Waals surface area contributed by atoms with Crippen LogP contribution in [-0.2, 0) is 0 Å². The van der Waals surface area contributed by atoms with Crippen molar-refractivity contribution in [1.82, 2.24) is 10.2 Å². The lowest BCUT2D eigenvalue weighted by atomic mass is 10.1. The monoisotopic (exact) mass is 218 g/mol. The molecule has 0 unspecified atom stereocenters. The molecule has 0 aliphatic rings. The minimum Gasteiger partial charge on any atom is -0.365 e. The minimum absolute atomic E-state index is 0.313. The predicted molar refractivity (Wildman–Crippen MR) is 64.2 cm³/mol. The summed E-state index contributed by atoms with van der Waals surface area (Å²) in [6.45, 7) is 7.98. The summed E-state index contributed by atoms with van der Waals surface area (Å²) < 4.78 is 0. The third-order valence-corrected chi connectivity index (χ3v) is 2.67. The molecule has 4 heteroatoms. The van der Waals surface area contributed by atoms with Crippen LogP contribution >= 0.6 is 0 Å². The molecule has 1 rings (SSSR count). The zero-order valence-corrected chi connectivity index (χ0v) is 10.3. The van der Waals surface area contributed by atoms with Crippen LogP contribution in [0.1, 0.15) is 43.5 Å². The van der Waals surface area contributed by atoms with Crippen molar-refractivity contribution in [1.29, 1.82) is 5.26 Å². The van der Waals surface area contributed by atoms with E-state index in [4.69, 9.17) is 5.26 Å². The average Bonchev–Trinajstić information content (AvgIpc) is 2.24. The molecule has 0 spiro atoms. The van der Waals surface area contributed by atoms with E-state index in [2.05, 4.69) is 35.4 Å². The number of rotatable bonds is 4. The van der Waals surface area contributed by atoms with Crippen LogP contribution in [-0.4, -0.2) is 16.2 Å². The molecule has 4 nitrogen and oxygen atoms in total. The zero-order valence-electron chi connectivity index (χ0n) is 10.3. The lowest BCUT2D eigenvalue weighted by Gasteiger charge is -2.15. The van der Waals surface area contributed by atoms with Crippen LogP contribution in [0.15, 0.2) is 0 Å². The Labute approximate surface area is 96.7 Å². The van der Waals surface area contributed by atoms with Gasteiger partial charge < -0.3 is 5.32 Å². The van der Waals surface area contributed by atoms with Gasteiger partial charge in [0.15, 0.2) is 5.82 Å². The highest BCUT2D eigenvalue weighted by atomic mass is 15.2. The van der Waals surface area contributed by atoms with E-state index in [0.29, 0.717) is 17.4 Å². The average molecular weight is 218 g/mol. The number of nitriles is 1. The van der Waals surface area contributed by atoms with Crippen molar-refractivity contribution in [2.45, 2.75) is 46.6 Å². The summed E-state index contributed by atoms with van der Waals surface area (Å²) in [6.07, 6.45) is 2.16. The van der Waals surface area contributed by atoms with Crippen molar-refractivity contribution < 1.29 is 0 Å². The highest BCUT2D eigenvalue weighted by molar-refractivity contribution is 5.56. The Morgan fingerprint density at radius 2 is 2.06 bits per heavy atom. The number of nitrogens with one attached hydrogen (secondary N) is 1.